The normalized spacial score (nSPS) is 15.7. The molecule has 2 aromatic heterocycles. The molecule has 0 saturated heterocycles. The van der Waals surface area contributed by atoms with Gasteiger partial charge in [0.2, 0.25) is 11.6 Å². The van der Waals surface area contributed by atoms with Crippen molar-refractivity contribution < 1.29 is 55.3 Å². The first-order valence-corrected chi connectivity index (χ1v) is 17.9. The molecule has 20 heteroatoms. The summed E-state index contributed by atoms with van der Waals surface area (Å²) in [7, 11) is -9.56. The van der Waals surface area contributed by atoms with Gasteiger partial charge in [-0.1, -0.05) is 24.3 Å². The van der Waals surface area contributed by atoms with Gasteiger partial charge in [0, 0.05) is 23.5 Å². The molecule has 2 aliphatic rings. The van der Waals surface area contributed by atoms with Crippen molar-refractivity contribution in [3.05, 3.63) is 130 Å². The summed E-state index contributed by atoms with van der Waals surface area (Å²) >= 11 is 0. The number of hydrogen-bond acceptors (Lipinski definition) is 14. The van der Waals surface area contributed by atoms with Gasteiger partial charge in [0.1, 0.15) is 32.6 Å². The molecule has 0 aliphatic heterocycles. The molecule has 6 N–H and O–H groups in total. The molecule has 18 nitrogen and oxygen atoms in total. The summed E-state index contributed by atoms with van der Waals surface area (Å²) in [4.78, 5) is 56.7. The summed E-state index contributed by atoms with van der Waals surface area (Å²) in [5, 5.41) is 27.6. The molecule has 2 heterocycles. The number of anilines is 2. The van der Waals surface area contributed by atoms with Crippen molar-refractivity contribution in [1.82, 2.24) is 9.97 Å². The van der Waals surface area contributed by atoms with Crippen LogP contribution in [0.1, 0.15) is 63.9 Å². The Bertz CT molecular complexity index is 2530. The monoisotopic (exact) mass is 770 g/mol. The van der Waals surface area contributed by atoms with Crippen LogP contribution >= 0.6 is 0 Å². The van der Waals surface area contributed by atoms with E-state index in [1.165, 1.54) is 73.1 Å². The lowest BCUT2D eigenvalue weighted by molar-refractivity contribution is 0.0685. The Labute approximate surface area is 304 Å². The van der Waals surface area contributed by atoms with Crippen LogP contribution < -0.4 is 10.9 Å². The first-order chi connectivity index (χ1) is 25.5. The Hall–Kier alpha value is -7.00. The van der Waals surface area contributed by atoms with Gasteiger partial charge in [0.05, 0.1) is 22.5 Å². The van der Waals surface area contributed by atoms with Crippen LogP contribution in [0.2, 0.25) is 0 Å². The Morgan fingerprint density at radius 3 is 1.37 bits per heavy atom. The van der Waals surface area contributed by atoms with Gasteiger partial charge >= 0.3 is 11.9 Å². The van der Waals surface area contributed by atoms with Gasteiger partial charge in [0.25, 0.3) is 20.2 Å². The van der Waals surface area contributed by atoms with Crippen LogP contribution in [0, 0.1) is 0 Å². The maximum absolute atomic E-state index is 12.9. The van der Waals surface area contributed by atoms with Crippen molar-refractivity contribution in [2.24, 2.45) is 10.2 Å². The minimum absolute atomic E-state index is 0.0658. The highest BCUT2D eigenvalue weighted by atomic mass is 32.2. The van der Waals surface area contributed by atoms with Gasteiger partial charge in [-0.2, -0.15) is 27.0 Å². The van der Waals surface area contributed by atoms with Crippen molar-refractivity contribution in [3.63, 3.8) is 0 Å². The Kier molecular flexibility index (Phi) is 9.67. The molecule has 2 aromatic carbocycles. The van der Waals surface area contributed by atoms with E-state index >= 15 is 0 Å². The van der Waals surface area contributed by atoms with Crippen molar-refractivity contribution >= 4 is 88.5 Å². The molecular weight excluding hydrogens is 749 g/mol. The number of carbonyl (C=O) groups is 4. The number of carbonyl (C=O) groups excluding carboxylic acids is 2. The highest BCUT2D eigenvalue weighted by Gasteiger charge is 2.32. The highest BCUT2D eigenvalue weighted by molar-refractivity contribution is 7.95. The number of carboxylic acid groups (broad SMARTS) is 2. The number of allylic oxidation sites excluding steroid dienone is 2. The third kappa shape index (κ3) is 7.47. The highest BCUT2D eigenvalue weighted by Crippen LogP contribution is 2.30. The molecule has 6 rings (SSSR count). The fourth-order valence-electron chi connectivity index (χ4n) is 5.28. The number of benzene rings is 2. The van der Waals surface area contributed by atoms with E-state index in [0.29, 0.717) is 0 Å². The van der Waals surface area contributed by atoms with Crippen molar-refractivity contribution in [2.45, 2.75) is 0 Å². The number of rotatable bonds is 10. The zero-order valence-electron chi connectivity index (χ0n) is 26.9. The van der Waals surface area contributed by atoms with Crippen LogP contribution in [0.25, 0.3) is 22.0 Å². The summed E-state index contributed by atoms with van der Waals surface area (Å²) in [6.45, 7) is 0. The predicted octanol–water partition coefficient (Wildman–Crippen LogP) is 3.83. The van der Waals surface area contributed by atoms with E-state index < -0.39 is 65.0 Å². The molecule has 0 fully saturated rings. The fourth-order valence-corrected chi connectivity index (χ4v) is 6.69. The molecule has 0 atom stereocenters. The average Bonchev–Trinajstić information content (AvgIpc) is 3.12. The van der Waals surface area contributed by atoms with Crippen LogP contribution in [0.5, 0.6) is 0 Å². The van der Waals surface area contributed by atoms with Crippen LogP contribution in [0.4, 0.5) is 11.4 Å². The van der Waals surface area contributed by atoms with E-state index in [1.807, 2.05) is 0 Å². The second kappa shape index (κ2) is 14.2. The summed E-state index contributed by atoms with van der Waals surface area (Å²) < 4.78 is 67.2. The minimum atomic E-state index is -4.78. The van der Waals surface area contributed by atoms with E-state index in [0.717, 1.165) is 24.3 Å². The number of aromatic carboxylic acids is 2. The maximum Gasteiger partial charge on any atom is 0.336 e. The zero-order chi connectivity index (χ0) is 38.9. The van der Waals surface area contributed by atoms with Crippen LogP contribution in [0.3, 0.4) is 0 Å². The average molecular weight is 771 g/mol. The molecular formula is C34H22N6O12S2. The quantitative estimate of drug-likeness (QED) is 0.0758. The molecule has 0 amide bonds. The molecule has 2 aliphatic carbocycles. The van der Waals surface area contributed by atoms with Crippen LogP contribution in [0.15, 0.2) is 95.4 Å². The number of hydrogen-bond donors (Lipinski definition) is 6. The van der Waals surface area contributed by atoms with E-state index in [2.05, 4.69) is 31.0 Å². The van der Waals surface area contributed by atoms with E-state index in [4.69, 9.17) is 0 Å². The first-order valence-electron chi connectivity index (χ1n) is 15.0. The van der Waals surface area contributed by atoms with Crippen molar-refractivity contribution in [1.29, 1.82) is 0 Å². The number of hydrazone groups is 2. The second-order valence-corrected chi connectivity index (χ2v) is 14.0. The third-order valence-electron chi connectivity index (χ3n) is 7.75. The summed E-state index contributed by atoms with van der Waals surface area (Å²) in [6.07, 6.45) is 6.86. The topological polar surface area (TPSA) is 292 Å². The third-order valence-corrected chi connectivity index (χ3v) is 9.54. The van der Waals surface area contributed by atoms with Gasteiger partial charge in [-0.25, -0.2) is 9.59 Å². The number of pyridine rings is 2. The predicted molar refractivity (Wildman–Crippen MR) is 194 cm³/mol. The smallest absolute Gasteiger partial charge is 0.336 e. The molecule has 54 heavy (non-hydrogen) atoms. The molecule has 272 valence electrons. The lowest BCUT2D eigenvalue weighted by atomic mass is 10.00. The summed E-state index contributed by atoms with van der Waals surface area (Å²) in [6, 6.07) is 13.1. The number of carboxylic acids is 2. The zero-order valence-corrected chi connectivity index (χ0v) is 28.5. The Balaban J connectivity index is 1.25. The van der Waals surface area contributed by atoms with Crippen LogP contribution in [-0.4, -0.2) is 81.1 Å². The molecule has 0 radical (unpaired) electrons. The minimum Gasteiger partial charge on any atom is -0.478 e. The van der Waals surface area contributed by atoms with Gasteiger partial charge in [-0.15, -0.1) is 0 Å². The number of Topliss-reactive ketones (excluding diaryl/α,β-unsaturated/α-hetero) is 2. The van der Waals surface area contributed by atoms with Crippen molar-refractivity contribution in [2.75, 3.05) is 10.9 Å². The standard InChI is InChI=1S/C34H22N6O12S2/c41-31-25(15-27(53(47,48)49)21-3-1-11-35-29(21)31)39-37-19-9-7-17(23(13-19)33(43)44)5-6-18-8-10-20(14-24(18)34(45)46)38-40-26-16-28(54(50,51)52)22-4-2-12-36-30(22)32(26)42/h1-16,37-38H,(H,43,44)(H,45,46)(H,47,48,49)(H,50,51,52). The number of nitrogens with zero attached hydrogens (tertiary/aromatic N) is 4. The van der Waals surface area contributed by atoms with Crippen molar-refractivity contribution in [3.8, 4) is 0 Å². The lowest BCUT2D eigenvalue weighted by Gasteiger charge is -2.15. The van der Waals surface area contributed by atoms with E-state index in [9.17, 15) is 55.3 Å². The molecule has 0 saturated carbocycles. The Morgan fingerprint density at radius 1 is 0.630 bits per heavy atom. The van der Waals surface area contributed by atoms with Gasteiger partial charge in [0.15, 0.2) is 0 Å². The number of aromatic nitrogens is 2. The second-order valence-electron chi connectivity index (χ2n) is 11.2. The fraction of sp³-hybridized carbons (Fsp3) is 0. The summed E-state index contributed by atoms with van der Waals surface area (Å²) in [5.74, 6) is -4.30. The number of fused-ring (bicyclic) bond motifs is 2. The van der Waals surface area contributed by atoms with E-state index in [1.54, 1.807) is 0 Å². The first kappa shape index (κ1) is 36.8. The molecule has 4 aromatic rings. The molecule has 0 spiro atoms. The largest absolute Gasteiger partial charge is 0.478 e. The number of ketones is 2. The van der Waals surface area contributed by atoms with Gasteiger partial charge in [-0.3, -0.25) is 39.5 Å². The Morgan fingerprint density at radius 2 is 1.02 bits per heavy atom. The van der Waals surface area contributed by atoms with Crippen LogP contribution in [-0.2, 0) is 20.2 Å². The molecule has 0 unspecified atom stereocenters. The van der Waals surface area contributed by atoms with Gasteiger partial charge in [-0.05, 0) is 71.8 Å². The summed E-state index contributed by atoms with van der Waals surface area (Å²) in [5.41, 5.74) is 3.16. The molecule has 0 bridgehead atoms. The lowest BCUT2D eigenvalue weighted by Crippen LogP contribution is -2.24. The maximum atomic E-state index is 12.9. The van der Waals surface area contributed by atoms with Gasteiger partial charge < -0.3 is 10.2 Å². The number of nitrogens with one attached hydrogen (secondary N) is 2. The van der Waals surface area contributed by atoms with E-state index in [-0.39, 0.29) is 56.1 Å². The SMILES string of the molecule is O=C(O)c1cc(NN=C2C=C(S(=O)(=O)O)c3cccnc3C2=O)ccc1C=Cc1ccc(NN=C2C=C(S(=O)(=O)O)c3cccnc3C2=O)cc1C(=O)O.